The SMILES string of the molecule is C.COc1ccc(-n2[nH]c3c(c2=O)[C@H]2CC[C@]3(C)C2(C)C)cc1.COc1ccc(-n2c(=O)c3c(n2Cc2ccccc2)[C@]2(C)CC[C@H]3C2(C)C)cc1. The Morgan fingerprint density at radius 3 is 1.75 bits per heavy atom. The minimum atomic E-state index is 0. The van der Waals surface area contributed by atoms with Crippen LogP contribution in [0.15, 0.2) is 88.5 Å². The van der Waals surface area contributed by atoms with E-state index in [2.05, 4.69) is 75.6 Å². The van der Waals surface area contributed by atoms with Gasteiger partial charge in [-0.25, -0.2) is 9.36 Å². The second kappa shape index (κ2) is 12.2. The summed E-state index contributed by atoms with van der Waals surface area (Å²) in [6, 6.07) is 25.8. The Bertz CT molecular complexity index is 2240. The molecule has 0 saturated heterocycles. The highest BCUT2D eigenvalue weighted by Crippen LogP contribution is 2.68. The number of hydrogen-bond donors (Lipinski definition) is 1. The molecule has 0 unspecified atom stereocenters. The molecule has 1 N–H and O–H groups in total. The summed E-state index contributed by atoms with van der Waals surface area (Å²) in [6.07, 6.45) is 4.51. The second-order valence-electron chi connectivity index (χ2n) is 16.6. The van der Waals surface area contributed by atoms with Crippen LogP contribution in [0.4, 0.5) is 0 Å². The van der Waals surface area contributed by atoms with E-state index >= 15 is 0 Å². The van der Waals surface area contributed by atoms with E-state index in [-0.39, 0.29) is 40.2 Å². The van der Waals surface area contributed by atoms with Crippen molar-refractivity contribution in [3.05, 3.63) is 128 Å². The number of fused-ring (bicyclic) bond motifs is 10. The van der Waals surface area contributed by atoms with Gasteiger partial charge in [0, 0.05) is 27.7 Å². The molecular formula is C44H54N4O4. The van der Waals surface area contributed by atoms with E-state index in [1.807, 2.05) is 59.3 Å². The number of rotatable bonds is 6. The van der Waals surface area contributed by atoms with Crippen LogP contribution in [0.5, 0.6) is 11.5 Å². The fourth-order valence-corrected chi connectivity index (χ4v) is 10.3. The van der Waals surface area contributed by atoms with Crippen LogP contribution in [-0.2, 0) is 17.4 Å². The molecule has 274 valence electrons. The summed E-state index contributed by atoms with van der Waals surface area (Å²) < 4.78 is 16.3. The third kappa shape index (κ3) is 4.71. The maximum absolute atomic E-state index is 13.8. The molecule has 0 spiro atoms. The molecule has 8 heteroatoms. The highest BCUT2D eigenvalue weighted by atomic mass is 16.5. The average molecular weight is 703 g/mol. The number of hydrogen-bond acceptors (Lipinski definition) is 4. The minimum Gasteiger partial charge on any atom is -0.497 e. The number of methoxy groups -OCH3 is 2. The van der Waals surface area contributed by atoms with Crippen molar-refractivity contribution in [1.82, 2.24) is 19.1 Å². The van der Waals surface area contributed by atoms with Crippen LogP contribution in [-0.4, -0.2) is 33.4 Å². The Labute approximate surface area is 307 Å². The topological polar surface area (TPSA) is 83.2 Å². The average Bonchev–Trinajstić information content (AvgIpc) is 3.85. The first kappa shape index (κ1) is 35.7. The predicted octanol–water partition coefficient (Wildman–Crippen LogP) is 8.86. The van der Waals surface area contributed by atoms with Crippen molar-refractivity contribution in [2.24, 2.45) is 10.8 Å². The van der Waals surface area contributed by atoms with Gasteiger partial charge in [-0.2, -0.15) is 0 Å². The van der Waals surface area contributed by atoms with Gasteiger partial charge in [-0.05, 0) is 102 Å². The lowest BCUT2D eigenvalue weighted by molar-refractivity contribution is 0.216. The molecule has 2 heterocycles. The third-order valence-electron chi connectivity index (χ3n) is 14.2. The van der Waals surface area contributed by atoms with E-state index in [4.69, 9.17) is 9.47 Å². The number of nitrogens with zero attached hydrogens (tertiary/aromatic N) is 3. The van der Waals surface area contributed by atoms with Crippen molar-refractivity contribution in [3.63, 3.8) is 0 Å². The summed E-state index contributed by atoms with van der Waals surface area (Å²) in [6.45, 7) is 14.6. The summed E-state index contributed by atoms with van der Waals surface area (Å²) in [5.74, 6) is 2.29. The fourth-order valence-electron chi connectivity index (χ4n) is 10.3. The van der Waals surface area contributed by atoms with Crippen LogP contribution < -0.4 is 20.6 Å². The van der Waals surface area contributed by atoms with Crippen molar-refractivity contribution in [2.45, 2.75) is 104 Å². The Balaban J connectivity index is 0.000000164. The number of aromatic amines is 1. The van der Waals surface area contributed by atoms with Gasteiger partial charge in [0.05, 0.1) is 37.8 Å². The molecule has 0 radical (unpaired) electrons. The molecule has 2 aromatic heterocycles. The van der Waals surface area contributed by atoms with E-state index in [0.717, 1.165) is 65.4 Å². The van der Waals surface area contributed by atoms with Crippen LogP contribution in [0, 0.1) is 10.8 Å². The monoisotopic (exact) mass is 702 g/mol. The zero-order chi connectivity index (χ0) is 36.1. The number of aromatic nitrogens is 4. The Morgan fingerprint density at radius 2 is 1.19 bits per heavy atom. The molecule has 8 nitrogen and oxygen atoms in total. The Hall–Kier alpha value is -4.72. The van der Waals surface area contributed by atoms with Gasteiger partial charge in [-0.1, -0.05) is 79.3 Å². The zero-order valence-electron chi connectivity index (χ0n) is 31.2. The molecule has 0 amide bonds. The van der Waals surface area contributed by atoms with E-state index in [1.165, 1.54) is 11.3 Å². The molecule has 4 bridgehead atoms. The van der Waals surface area contributed by atoms with Crippen LogP contribution in [0.3, 0.4) is 0 Å². The van der Waals surface area contributed by atoms with Gasteiger partial charge in [0.1, 0.15) is 11.5 Å². The Kier molecular flexibility index (Phi) is 8.35. The largest absolute Gasteiger partial charge is 0.497 e. The van der Waals surface area contributed by atoms with E-state index in [9.17, 15) is 9.59 Å². The maximum atomic E-state index is 13.8. The molecule has 2 fully saturated rings. The zero-order valence-corrected chi connectivity index (χ0v) is 31.2. The molecule has 4 atom stereocenters. The minimum absolute atomic E-state index is 0. The summed E-state index contributed by atoms with van der Waals surface area (Å²) in [7, 11) is 3.30. The standard InChI is InChI=1S/C25H28N2O2.C18H22N2O2.CH4/c1-24(2)20-14-15-25(24,3)22-21(20)23(28)27(18-10-12-19(29-4)13-11-18)26(22)16-17-8-6-5-7-9-17;1-17(2)13-9-10-18(17,3)15-14(13)16(21)20(19-15)11-5-7-12(22-4)8-6-11;/h5-13,20H,14-16H2,1-4H3;5-8,13,19H,9-10H2,1-4H3;1H4/t20-,25+;13-,18+;/m11./s1. The molecular weight excluding hydrogens is 649 g/mol. The first-order valence-electron chi connectivity index (χ1n) is 18.3. The van der Waals surface area contributed by atoms with Crippen molar-refractivity contribution >= 4 is 0 Å². The number of ether oxygens (including phenoxy) is 2. The van der Waals surface area contributed by atoms with Crippen molar-refractivity contribution < 1.29 is 9.47 Å². The molecule has 52 heavy (non-hydrogen) atoms. The number of benzene rings is 3. The second-order valence-corrected chi connectivity index (χ2v) is 16.6. The van der Waals surface area contributed by atoms with Crippen LogP contribution in [0.1, 0.15) is 115 Å². The lowest BCUT2D eigenvalue weighted by Crippen LogP contribution is -2.36. The molecule has 4 aliphatic carbocycles. The summed E-state index contributed by atoms with van der Waals surface area (Å²) in [4.78, 5) is 26.7. The lowest BCUT2D eigenvalue weighted by Gasteiger charge is -2.36. The predicted molar refractivity (Wildman–Crippen MR) is 208 cm³/mol. The van der Waals surface area contributed by atoms with Gasteiger partial charge in [0.25, 0.3) is 11.1 Å². The quantitative estimate of drug-likeness (QED) is 0.192. The summed E-state index contributed by atoms with van der Waals surface area (Å²) in [5.41, 5.74) is 8.00. The van der Waals surface area contributed by atoms with Gasteiger partial charge >= 0.3 is 0 Å². The first-order valence-corrected chi connectivity index (χ1v) is 18.3. The molecule has 3 aromatic carbocycles. The van der Waals surface area contributed by atoms with Crippen LogP contribution in [0.25, 0.3) is 11.4 Å². The van der Waals surface area contributed by atoms with Crippen molar-refractivity contribution in [3.8, 4) is 22.9 Å². The number of nitrogens with one attached hydrogen (secondary N) is 1. The van der Waals surface area contributed by atoms with E-state index in [1.54, 1.807) is 18.9 Å². The van der Waals surface area contributed by atoms with Crippen molar-refractivity contribution in [2.75, 3.05) is 14.2 Å². The molecule has 4 aliphatic rings. The Morgan fingerprint density at radius 1 is 0.673 bits per heavy atom. The van der Waals surface area contributed by atoms with Crippen LogP contribution >= 0.6 is 0 Å². The van der Waals surface area contributed by atoms with Gasteiger partial charge in [-0.3, -0.25) is 19.4 Å². The van der Waals surface area contributed by atoms with E-state index in [0.29, 0.717) is 18.4 Å². The van der Waals surface area contributed by atoms with Gasteiger partial charge in [-0.15, -0.1) is 0 Å². The normalized spacial score (nSPS) is 25.2. The molecule has 5 aromatic rings. The third-order valence-corrected chi connectivity index (χ3v) is 14.2. The number of H-pyrrole nitrogens is 1. The molecule has 0 aliphatic heterocycles. The van der Waals surface area contributed by atoms with E-state index < -0.39 is 0 Å². The molecule has 9 rings (SSSR count). The van der Waals surface area contributed by atoms with Gasteiger partial charge < -0.3 is 9.47 Å². The highest BCUT2D eigenvalue weighted by molar-refractivity contribution is 5.49. The van der Waals surface area contributed by atoms with Gasteiger partial charge in [0.2, 0.25) is 0 Å². The molecule has 2 saturated carbocycles. The van der Waals surface area contributed by atoms with Crippen molar-refractivity contribution in [1.29, 1.82) is 0 Å². The fraction of sp³-hybridized carbons (Fsp3) is 0.455. The van der Waals surface area contributed by atoms with Crippen LogP contribution in [0.2, 0.25) is 0 Å². The summed E-state index contributed by atoms with van der Waals surface area (Å²) >= 11 is 0. The highest BCUT2D eigenvalue weighted by Gasteiger charge is 2.63. The van der Waals surface area contributed by atoms with Gasteiger partial charge in [0.15, 0.2) is 0 Å². The maximum Gasteiger partial charge on any atom is 0.275 e. The first-order chi connectivity index (χ1) is 24.3. The lowest BCUT2D eigenvalue weighted by atomic mass is 9.70. The summed E-state index contributed by atoms with van der Waals surface area (Å²) in [5, 5.41) is 3.41. The smallest absolute Gasteiger partial charge is 0.275 e.